The number of thioether (sulfide) groups is 1. The molecule has 1 unspecified atom stereocenters. The second-order valence-electron chi connectivity index (χ2n) is 2.00. The molecule has 1 aromatic rings. The lowest BCUT2D eigenvalue weighted by molar-refractivity contribution is 1.42. The highest BCUT2D eigenvalue weighted by molar-refractivity contribution is 14.1. The molecule has 0 saturated carbocycles. The zero-order chi connectivity index (χ0) is 8.10. The zero-order valence-electron chi connectivity index (χ0n) is 5.84. The van der Waals surface area contributed by atoms with E-state index in [0.717, 1.165) is 4.43 Å². The van der Waals surface area contributed by atoms with Gasteiger partial charge in [0.15, 0.2) is 0 Å². The molecule has 0 radical (unpaired) electrons. The molecule has 3 heteroatoms. The minimum absolute atomic E-state index is 0.533. The average Bonchev–Trinajstić information content (AvgIpc) is 2.06. The Morgan fingerprint density at radius 2 is 2.00 bits per heavy atom. The van der Waals surface area contributed by atoms with E-state index in [4.69, 9.17) is 0 Å². The van der Waals surface area contributed by atoms with Gasteiger partial charge in [0.05, 0.1) is 4.16 Å². The van der Waals surface area contributed by atoms with Gasteiger partial charge in [-0.05, 0) is 12.1 Å². The van der Waals surface area contributed by atoms with E-state index in [1.807, 2.05) is 17.8 Å². The number of benzene rings is 1. The lowest BCUT2D eigenvalue weighted by atomic mass is 10.4. The molecule has 1 atom stereocenters. The van der Waals surface area contributed by atoms with E-state index in [-0.39, 0.29) is 0 Å². The summed E-state index contributed by atoms with van der Waals surface area (Å²) in [4.78, 5) is 1.33. The third-order valence-electron chi connectivity index (χ3n) is 1.13. The molecule has 0 spiro atoms. The third kappa shape index (κ3) is 3.80. The fraction of sp³-hybridized carbons (Fsp3) is 0.250. The maximum absolute atomic E-state index is 3.57. The van der Waals surface area contributed by atoms with Crippen molar-refractivity contribution in [3.63, 3.8) is 0 Å². The third-order valence-corrected chi connectivity index (χ3v) is 5.67. The summed E-state index contributed by atoms with van der Waals surface area (Å²) in [5.41, 5.74) is 0. The predicted molar refractivity (Wildman–Crippen MR) is 63.9 cm³/mol. The van der Waals surface area contributed by atoms with Crippen LogP contribution in [0.5, 0.6) is 0 Å². The summed E-state index contributed by atoms with van der Waals surface area (Å²) in [6.45, 7) is 0. The standard InChI is InChI=1S/C8H8BrIS/c9-8(6-10)11-7-4-2-1-3-5-7/h1-5,8H,6H2. The van der Waals surface area contributed by atoms with Gasteiger partial charge in [0, 0.05) is 9.32 Å². The summed E-state index contributed by atoms with van der Waals surface area (Å²) in [6.07, 6.45) is 0. The van der Waals surface area contributed by atoms with Crippen molar-refractivity contribution in [2.45, 2.75) is 9.05 Å². The first-order valence-electron chi connectivity index (χ1n) is 3.24. The summed E-state index contributed by atoms with van der Waals surface area (Å²) in [5.74, 6) is 0. The number of rotatable bonds is 3. The van der Waals surface area contributed by atoms with Crippen LogP contribution in [-0.2, 0) is 0 Å². The van der Waals surface area contributed by atoms with Gasteiger partial charge < -0.3 is 0 Å². The Morgan fingerprint density at radius 3 is 2.55 bits per heavy atom. The summed E-state index contributed by atoms with van der Waals surface area (Å²) >= 11 is 7.79. The smallest absolute Gasteiger partial charge is 0.0736 e. The van der Waals surface area contributed by atoms with Crippen molar-refractivity contribution in [1.82, 2.24) is 0 Å². The first kappa shape index (κ1) is 9.86. The van der Waals surface area contributed by atoms with Gasteiger partial charge in [0.2, 0.25) is 0 Å². The van der Waals surface area contributed by atoms with Crippen LogP contribution in [0.4, 0.5) is 0 Å². The van der Waals surface area contributed by atoms with Crippen LogP contribution in [0.25, 0.3) is 0 Å². The molecule has 0 N–H and O–H groups in total. The van der Waals surface area contributed by atoms with Crippen LogP contribution in [0.2, 0.25) is 0 Å². The van der Waals surface area contributed by atoms with Gasteiger partial charge in [-0.2, -0.15) is 0 Å². The first-order chi connectivity index (χ1) is 5.33. The number of alkyl halides is 2. The summed E-state index contributed by atoms with van der Waals surface area (Å²) in [5, 5.41) is 0. The highest BCUT2D eigenvalue weighted by Gasteiger charge is 2.01. The van der Waals surface area contributed by atoms with Crippen LogP contribution >= 0.6 is 50.3 Å². The van der Waals surface area contributed by atoms with Crippen molar-refractivity contribution in [2.24, 2.45) is 0 Å². The molecule has 0 bridgehead atoms. The molecule has 11 heavy (non-hydrogen) atoms. The van der Waals surface area contributed by atoms with Crippen LogP contribution in [-0.4, -0.2) is 8.59 Å². The summed E-state index contributed by atoms with van der Waals surface area (Å²) in [6, 6.07) is 10.4. The minimum Gasteiger partial charge on any atom is -0.110 e. The molecule has 0 aliphatic rings. The molecule has 0 nitrogen and oxygen atoms in total. The molecular formula is C8H8BrIS. The van der Waals surface area contributed by atoms with E-state index >= 15 is 0 Å². The van der Waals surface area contributed by atoms with Gasteiger partial charge in [-0.3, -0.25) is 0 Å². The highest BCUT2D eigenvalue weighted by atomic mass is 127. The maximum atomic E-state index is 3.57. The second kappa shape index (κ2) is 5.43. The van der Waals surface area contributed by atoms with Gasteiger partial charge >= 0.3 is 0 Å². The molecule has 0 aliphatic carbocycles. The fourth-order valence-corrected chi connectivity index (χ4v) is 2.54. The van der Waals surface area contributed by atoms with Crippen LogP contribution in [0, 0.1) is 0 Å². The Kier molecular flexibility index (Phi) is 4.87. The van der Waals surface area contributed by atoms with Crippen LogP contribution in [0.1, 0.15) is 0 Å². The van der Waals surface area contributed by atoms with Crippen molar-refractivity contribution in [2.75, 3.05) is 4.43 Å². The van der Waals surface area contributed by atoms with Crippen LogP contribution < -0.4 is 0 Å². The average molecular weight is 343 g/mol. The SMILES string of the molecule is BrC(CI)Sc1ccccc1. The molecule has 60 valence electrons. The van der Waals surface area contributed by atoms with Gasteiger partial charge in [-0.25, -0.2) is 0 Å². The topological polar surface area (TPSA) is 0 Å². The molecule has 0 amide bonds. The quantitative estimate of drug-likeness (QED) is 0.455. The molecule has 0 aliphatic heterocycles. The normalized spacial score (nSPS) is 12.9. The minimum atomic E-state index is 0.533. The molecule has 0 heterocycles. The monoisotopic (exact) mass is 342 g/mol. The number of halogens is 2. The van der Waals surface area contributed by atoms with Gasteiger partial charge in [-0.15, -0.1) is 11.8 Å². The Balaban J connectivity index is 2.51. The lowest BCUT2D eigenvalue weighted by Gasteiger charge is -2.04. The maximum Gasteiger partial charge on any atom is 0.0736 e. The van der Waals surface area contributed by atoms with E-state index in [1.165, 1.54) is 4.90 Å². The summed E-state index contributed by atoms with van der Waals surface area (Å²) < 4.78 is 1.66. The molecule has 0 saturated heterocycles. The molecule has 0 aromatic heterocycles. The Hall–Kier alpha value is 0.780. The van der Waals surface area contributed by atoms with Crippen molar-refractivity contribution in [3.05, 3.63) is 30.3 Å². The van der Waals surface area contributed by atoms with Crippen molar-refractivity contribution < 1.29 is 0 Å². The Bertz CT molecular complexity index is 203. The Labute approximate surface area is 93.4 Å². The van der Waals surface area contributed by atoms with Crippen molar-refractivity contribution in [3.8, 4) is 0 Å². The fourth-order valence-electron chi connectivity index (χ4n) is 0.678. The first-order valence-corrected chi connectivity index (χ1v) is 6.57. The van der Waals surface area contributed by atoms with E-state index in [2.05, 4.69) is 62.8 Å². The second-order valence-corrected chi connectivity index (χ2v) is 5.86. The van der Waals surface area contributed by atoms with Gasteiger partial charge in [-0.1, -0.05) is 56.7 Å². The number of hydrogen-bond acceptors (Lipinski definition) is 1. The van der Waals surface area contributed by atoms with Crippen molar-refractivity contribution >= 4 is 50.3 Å². The molecule has 0 fully saturated rings. The molecular weight excluding hydrogens is 335 g/mol. The van der Waals surface area contributed by atoms with Gasteiger partial charge in [0.25, 0.3) is 0 Å². The van der Waals surface area contributed by atoms with E-state index in [1.54, 1.807) is 0 Å². The predicted octanol–water partition coefficient (Wildman–Crippen LogP) is 3.93. The van der Waals surface area contributed by atoms with E-state index in [0.29, 0.717) is 4.16 Å². The Morgan fingerprint density at radius 1 is 1.36 bits per heavy atom. The van der Waals surface area contributed by atoms with Crippen LogP contribution in [0.15, 0.2) is 35.2 Å². The molecule has 1 aromatic carbocycles. The van der Waals surface area contributed by atoms with E-state index < -0.39 is 0 Å². The zero-order valence-corrected chi connectivity index (χ0v) is 10.4. The van der Waals surface area contributed by atoms with Crippen molar-refractivity contribution in [1.29, 1.82) is 0 Å². The number of hydrogen-bond donors (Lipinski definition) is 0. The van der Waals surface area contributed by atoms with Gasteiger partial charge in [0.1, 0.15) is 0 Å². The summed E-state index contributed by atoms with van der Waals surface area (Å²) in [7, 11) is 0. The lowest BCUT2D eigenvalue weighted by Crippen LogP contribution is -1.89. The highest BCUT2D eigenvalue weighted by Crippen LogP contribution is 2.27. The van der Waals surface area contributed by atoms with E-state index in [9.17, 15) is 0 Å². The van der Waals surface area contributed by atoms with Crippen LogP contribution in [0.3, 0.4) is 0 Å². The molecule has 1 rings (SSSR count). The largest absolute Gasteiger partial charge is 0.110 e.